The van der Waals surface area contributed by atoms with E-state index in [4.69, 9.17) is 14.2 Å². The number of fused-ring (bicyclic) bond motifs is 1. The molecular weight excluding hydrogens is 454 g/mol. The van der Waals surface area contributed by atoms with Crippen LogP contribution in [0.4, 0.5) is 9.59 Å². The molecule has 35 heavy (non-hydrogen) atoms. The van der Waals surface area contributed by atoms with Gasteiger partial charge in [0.15, 0.2) is 5.78 Å². The van der Waals surface area contributed by atoms with E-state index in [1.807, 2.05) is 0 Å². The van der Waals surface area contributed by atoms with Crippen molar-refractivity contribution in [2.24, 2.45) is 5.41 Å². The fraction of sp³-hybridized carbons (Fsp3) is 0.840. The smallest absolute Gasteiger partial charge is 0.425 e. The SMILES string of the molecule is CC(C)(C)OC(=O)N1CC(=O)C2C1CN(C(=O)OC(C)(C)C)N2CCC(C)(C)C(=O)OC(C)(C)C. The van der Waals surface area contributed by atoms with Crippen LogP contribution >= 0.6 is 0 Å². The number of hydrogen-bond donors (Lipinski definition) is 0. The first-order valence-electron chi connectivity index (χ1n) is 12.1. The number of hydrazine groups is 1. The Bertz CT molecular complexity index is 849. The summed E-state index contributed by atoms with van der Waals surface area (Å²) in [5, 5.41) is 3.01. The first-order valence-corrected chi connectivity index (χ1v) is 12.1. The number of Topliss-reactive ketones (excluding diaryl/α,β-unsaturated/α-hetero) is 1. The molecule has 0 aromatic rings. The Morgan fingerprint density at radius 2 is 1.29 bits per heavy atom. The van der Waals surface area contributed by atoms with Crippen LogP contribution in [0.1, 0.15) is 82.6 Å². The van der Waals surface area contributed by atoms with Gasteiger partial charge in [0.2, 0.25) is 0 Å². The number of hydrogen-bond acceptors (Lipinski definition) is 8. The number of carbonyl (C=O) groups is 4. The van der Waals surface area contributed by atoms with Gasteiger partial charge < -0.3 is 14.2 Å². The third-order valence-corrected chi connectivity index (χ3v) is 5.56. The molecule has 2 aliphatic heterocycles. The summed E-state index contributed by atoms with van der Waals surface area (Å²) in [6.07, 6.45) is -0.887. The molecule has 200 valence electrons. The second kappa shape index (κ2) is 9.59. The Labute approximate surface area is 209 Å². The van der Waals surface area contributed by atoms with Crippen molar-refractivity contribution in [2.75, 3.05) is 19.6 Å². The summed E-state index contributed by atoms with van der Waals surface area (Å²) in [4.78, 5) is 53.2. The third kappa shape index (κ3) is 7.56. The average molecular weight is 498 g/mol. The summed E-state index contributed by atoms with van der Waals surface area (Å²) in [7, 11) is 0. The van der Waals surface area contributed by atoms with E-state index in [1.54, 1.807) is 81.2 Å². The molecule has 0 radical (unpaired) electrons. The minimum Gasteiger partial charge on any atom is -0.460 e. The first-order chi connectivity index (χ1) is 15.6. The van der Waals surface area contributed by atoms with Gasteiger partial charge in [0.25, 0.3) is 0 Å². The van der Waals surface area contributed by atoms with Crippen molar-refractivity contribution in [1.29, 1.82) is 0 Å². The minimum absolute atomic E-state index is 0.0947. The lowest BCUT2D eigenvalue weighted by Crippen LogP contribution is -2.50. The maximum Gasteiger partial charge on any atom is 0.425 e. The van der Waals surface area contributed by atoms with Crippen LogP contribution in [-0.4, -0.2) is 87.4 Å². The second-order valence-electron chi connectivity index (χ2n) is 12.9. The van der Waals surface area contributed by atoms with Crippen molar-refractivity contribution >= 4 is 23.9 Å². The van der Waals surface area contributed by atoms with E-state index >= 15 is 0 Å². The van der Waals surface area contributed by atoms with Crippen molar-refractivity contribution in [2.45, 2.75) is 111 Å². The zero-order chi connectivity index (χ0) is 27.1. The van der Waals surface area contributed by atoms with Crippen LogP contribution in [-0.2, 0) is 23.8 Å². The Kier molecular flexibility index (Phi) is 7.92. The Hall–Kier alpha value is -2.36. The van der Waals surface area contributed by atoms with Crippen LogP contribution in [0.15, 0.2) is 0 Å². The Morgan fingerprint density at radius 1 is 0.800 bits per heavy atom. The van der Waals surface area contributed by atoms with Crippen molar-refractivity contribution < 1.29 is 33.4 Å². The number of ketones is 1. The topological polar surface area (TPSA) is 106 Å². The molecule has 0 bridgehead atoms. The average Bonchev–Trinajstić information content (AvgIpc) is 3.13. The van der Waals surface area contributed by atoms with Gasteiger partial charge in [0, 0.05) is 6.54 Å². The van der Waals surface area contributed by atoms with Gasteiger partial charge in [-0.15, -0.1) is 0 Å². The molecule has 2 heterocycles. The molecule has 0 aliphatic carbocycles. The fourth-order valence-corrected chi connectivity index (χ4v) is 3.95. The van der Waals surface area contributed by atoms with E-state index in [0.717, 1.165) is 0 Å². The number of likely N-dealkylation sites (tertiary alicyclic amines) is 1. The van der Waals surface area contributed by atoms with Crippen molar-refractivity contribution in [1.82, 2.24) is 14.9 Å². The van der Waals surface area contributed by atoms with Crippen LogP contribution in [0.5, 0.6) is 0 Å². The van der Waals surface area contributed by atoms with Gasteiger partial charge in [-0.05, 0) is 82.6 Å². The number of rotatable bonds is 4. The lowest BCUT2D eigenvalue weighted by atomic mass is 9.89. The van der Waals surface area contributed by atoms with Gasteiger partial charge in [-0.3, -0.25) is 14.5 Å². The Morgan fingerprint density at radius 3 is 1.77 bits per heavy atom. The van der Waals surface area contributed by atoms with Crippen LogP contribution in [0.2, 0.25) is 0 Å². The molecule has 2 fully saturated rings. The van der Waals surface area contributed by atoms with E-state index in [2.05, 4.69) is 0 Å². The van der Waals surface area contributed by atoms with Gasteiger partial charge in [0.05, 0.1) is 24.5 Å². The second-order valence-corrected chi connectivity index (χ2v) is 12.9. The fourth-order valence-electron chi connectivity index (χ4n) is 3.95. The maximum absolute atomic E-state index is 13.1. The van der Waals surface area contributed by atoms with Gasteiger partial charge in [-0.25, -0.2) is 19.6 Å². The zero-order valence-electron chi connectivity index (χ0n) is 23.2. The summed E-state index contributed by atoms with van der Waals surface area (Å²) in [6, 6.07) is -1.31. The van der Waals surface area contributed by atoms with Gasteiger partial charge in [0.1, 0.15) is 22.8 Å². The predicted octanol–water partition coefficient (Wildman–Crippen LogP) is 3.77. The zero-order valence-corrected chi connectivity index (χ0v) is 23.2. The molecule has 2 aliphatic rings. The molecule has 2 saturated heterocycles. The maximum atomic E-state index is 13.1. The lowest BCUT2D eigenvalue weighted by Gasteiger charge is -2.35. The molecule has 2 atom stereocenters. The summed E-state index contributed by atoms with van der Waals surface area (Å²) in [5.74, 6) is -0.556. The first kappa shape index (κ1) is 28.9. The van der Waals surface area contributed by atoms with E-state index in [-0.39, 0.29) is 31.4 Å². The minimum atomic E-state index is -0.864. The van der Waals surface area contributed by atoms with E-state index in [1.165, 1.54) is 9.91 Å². The molecule has 0 spiro atoms. The molecule has 2 unspecified atom stereocenters. The van der Waals surface area contributed by atoms with Gasteiger partial charge in [-0.1, -0.05) is 0 Å². The van der Waals surface area contributed by atoms with Crippen LogP contribution in [0, 0.1) is 5.41 Å². The van der Waals surface area contributed by atoms with Crippen LogP contribution < -0.4 is 0 Å². The largest absolute Gasteiger partial charge is 0.460 e. The van der Waals surface area contributed by atoms with Crippen molar-refractivity contribution in [3.63, 3.8) is 0 Å². The molecule has 0 saturated carbocycles. The van der Waals surface area contributed by atoms with E-state index in [0.29, 0.717) is 6.42 Å². The Balaban J connectivity index is 2.29. The number of esters is 1. The molecule has 10 nitrogen and oxygen atoms in total. The predicted molar refractivity (Wildman–Crippen MR) is 129 cm³/mol. The number of nitrogens with zero attached hydrogens (tertiary/aromatic N) is 3. The van der Waals surface area contributed by atoms with Crippen LogP contribution in [0.25, 0.3) is 0 Å². The third-order valence-electron chi connectivity index (χ3n) is 5.56. The molecular formula is C25H43N3O7. The van der Waals surface area contributed by atoms with Crippen molar-refractivity contribution in [3.05, 3.63) is 0 Å². The molecule has 0 aromatic heterocycles. The summed E-state index contributed by atoms with van der Waals surface area (Å²) in [5.41, 5.74) is -2.97. The van der Waals surface area contributed by atoms with E-state index in [9.17, 15) is 19.2 Å². The van der Waals surface area contributed by atoms with Crippen LogP contribution in [0.3, 0.4) is 0 Å². The highest BCUT2D eigenvalue weighted by molar-refractivity contribution is 5.94. The highest BCUT2D eigenvalue weighted by Crippen LogP contribution is 2.34. The molecule has 10 heteroatoms. The number of ether oxygens (including phenoxy) is 3. The van der Waals surface area contributed by atoms with E-state index < -0.39 is 46.5 Å². The quantitative estimate of drug-likeness (QED) is 0.427. The molecule has 0 N–H and O–H groups in total. The summed E-state index contributed by atoms with van der Waals surface area (Å²) < 4.78 is 16.6. The van der Waals surface area contributed by atoms with Crippen molar-refractivity contribution in [3.8, 4) is 0 Å². The monoisotopic (exact) mass is 497 g/mol. The standard InChI is InChI=1S/C25H43N3O7/c1-22(2,3)33-19(30)25(10,11)12-13-27-18-16(14-28(27)21(32)35-24(7,8)9)26(15-17(18)29)20(31)34-23(4,5)6/h16,18H,12-15H2,1-11H3. The molecule has 0 aromatic carbocycles. The normalized spacial score (nSPS) is 21.7. The number of amides is 2. The highest BCUT2D eigenvalue weighted by atomic mass is 16.6. The lowest BCUT2D eigenvalue weighted by molar-refractivity contribution is -0.166. The van der Waals surface area contributed by atoms with Gasteiger partial charge >= 0.3 is 18.2 Å². The summed E-state index contributed by atoms with van der Waals surface area (Å²) >= 11 is 0. The molecule has 2 rings (SSSR count). The van der Waals surface area contributed by atoms with Gasteiger partial charge in [-0.2, -0.15) is 0 Å². The highest BCUT2D eigenvalue weighted by Gasteiger charge is 2.56. The molecule has 2 amide bonds. The summed E-state index contributed by atoms with van der Waals surface area (Å²) in [6.45, 7) is 19.7. The number of carbonyl (C=O) groups excluding carboxylic acids is 4.